The molecule has 0 radical (unpaired) electrons. The van der Waals surface area contributed by atoms with Crippen molar-refractivity contribution in [1.82, 2.24) is 15.0 Å². The first-order valence-corrected chi connectivity index (χ1v) is 14.0. The zero-order valence-corrected chi connectivity index (χ0v) is 23.4. The fourth-order valence-corrected chi connectivity index (χ4v) is 6.17. The molecule has 1 N–H and O–H groups in total. The van der Waals surface area contributed by atoms with E-state index in [0.29, 0.717) is 48.0 Å². The van der Waals surface area contributed by atoms with Gasteiger partial charge in [0.05, 0.1) is 37.4 Å². The van der Waals surface area contributed by atoms with Crippen LogP contribution >= 0.6 is 11.6 Å². The molecule has 3 aliphatic rings. The molecule has 1 unspecified atom stereocenters. The lowest BCUT2D eigenvalue weighted by molar-refractivity contribution is -0.228. The second-order valence-electron chi connectivity index (χ2n) is 10.9. The van der Waals surface area contributed by atoms with Crippen molar-refractivity contribution >= 4 is 51.1 Å². The number of hydrogen-bond donors (Lipinski definition) is 1. The van der Waals surface area contributed by atoms with Gasteiger partial charge >= 0.3 is 12.1 Å². The number of pyridine rings is 1. The van der Waals surface area contributed by atoms with Crippen LogP contribution in [0.25, 0.3) is 22.1 Å². The number of hydrogen-bond acceptors (Lipinski definition) is 10. The number of ether oxygens (including phenoxy) is 3. The number of carboxylic acid groups (broad SMARTS) is 1. The number of morpholine rings is 1. The first kappa shape index (κ1) is 27.9. The van der Waals surface area contributed by atoms with E-state index in [-0.39, 0.29) is 41.8 Å². The minimum Gasteiger partial charge on any atom is -0.480 e. The van der Waals surface area contributed by atoms with E-state index < -0.39 is 35.7 Å². The van der Waals surface area contributed by atoms with Gasteiger partial charge in [0.15, 0.2) is 11.4 Å². The normalized spacial score (nSPS) is 23.7. The van der Waals surface area contributed by atoms with Gasteiger partial charge in [-0.3, -0.25) is 0 Å². The van der Waals surface area contributed by atoms with Crippen LogP contribution in [0.3, 0.4) is 0 Å². The molecule has 0 amide bonds. The van der Waals surface area contributed by atoms with Gasteiger partial charge in [0.25, 0.3) is 0 Å². The topological polar surface area (TPSA) is 123 Å². The minimum absolute atomic E-state index is 0.0402. The molecule has 3 aromatic heterocycles. The monoisotopic (exact) mass is 619 g/mol. The maximum absolute atomic E-state index is 13.9. The van der Waals surface area contributed by atoms with Crippen LogP contribution in [-0.4, -0.2) is 82.7 Å². The molecule has 43 heavy (non-hydrogen) atoms. The number of furan rings is 1. The quantitative estimate of drug-likeness (QED) is 0.338. The smallest absolute Gasteiger partial charge is 0.451 e. The second-order valence-corrected chi connectivity index (χ2v) is 11.3. The molecule has 4 aromatic rings. The molecule has 3 atom stereocenters. The Kier molecular flexibility index (Phi) is 6.56. The highest BCUT2D eigenvalue weighted by molar-refractivity contribution is 6.30. The highest BCUT2D eigenvalue weighted by atomic mass is 35.5. The third-order valence-corrected chi connectivity index (χ3v) is 8.51. The molecule has 0 saturated carbocycles. The van der Waals surface area contributed by atoms with Gasteiger partial charge in [-0.15, -0.1) is 0 Å². The number of para-hydroxylation sites is 1. The van der Waals surface area contributed by atoms with Crippen LogP contribution < -0.4 is 14.5 Å². The van der Waals surface area contributed by atoms with E-state index in [1.807, 2.05) is 6.92 Å². The number of aliphatic carboxylic acids is 1. The summed E-state index contributed by atoms with van der Waals surface area (Å²) in [6.45, 7) is 3.78. The Balaban J connectivity index is 1.25. The van der Waals surface area contributed by atoms with Crippen molar-refractivity contribution < 1.29 is 41.7 Å². The summed E-state index contributed by atoms with van der Waals surface area (Å²) in [6, 6.07) is 6.87. The lowest BCUT2D eigenvalue weighted by Crippen LogP contribution is -2.68. The van der Waals surface area contributed by atoms with Crippen LogP contribution in [0.5, 0.6) is 5.88 Å². The van der Waals surface area contributed by atoms with E-state index in [2.05, 4.69) is 19.9 Å². The second kappa shape index (κ2) is 10.1. The molecule has 7 rings (SSSR count). The van der Waals surface area contributed by atoms with Gasteiger partial charge < -0.3 is 33.5 Å². The molecule has 1 aromatic carbocycles. The summed E-state index contributed by atoms with van der Waals surface area (Å²) in [6.07, 6.45) is -4.28. The number of anilines is 2. The molecule has 0 aliphatic carbocycles. The Morgan fingerprint density at radius 2 is 2.00 bits per heavy atom. The van der Waals surface area contributed by atoms with Gasteiger partial charge in [-0.1, -0.05) is 23.7 Å². The average molecular weight is 620 g/mol. The molecule has 3 aliphatic heterocycles. The predicted molar refractivity (Wildman–Crippen MR) is 148 cm³/mol. The summed E-state index contributed by atoms with van der Waals surface area (Å²) in [5, 5.41) is 10.9. The van der Waals surface area contributed by atoms with Crippen LogP contribution in [-0.2, 0) is 20.4 Å². The highest BCUT2D eigenvalue weighted by Crippen LogP contribution is 2.42. The standard InChI is InChI=1S/C28H25ClF3N5O6/c1-14-27(12-40-13-27)41-7-6-36(14)18-8-15(29)10-33-24(18)42-16-9-19(25(38)39)37(11-16)23-22-21(34-26(35-23)28(30,31)32)17-4-2-3-5-20(17)43-22/h2-5,8,10,14,16,19H,6-7,9,11-13H2,1H3,(H,38,39)/t14-,16?,19-/m0/s1. The van der Waals surface area contributed by atoms with Gasteiger partial charge in [0.2, 0.25) is 11.7 Å². The maximum atomic E-state index is 13.9. The first-order chi connectivity index (χ1) is 20.5. The number of fused-ring (bicyclic) bond motifs is 3. The summed E-state index contributed by atoms with van der Waals surface area (Å²) in [5.74, 6) is -2.70. The zero-order valence-electron chi connectivity index (χ0n) is 22.7. The van der Waals surface area contributed by atoms with Crippen molar-refractivity contribution in [2.24, 2.45) is 0 Å². The fourth-order valence-electron chi connectivity index (χ4n) is 6.02. The van der Waals surface area contributed by atoms with Gasteiger partial charge in [-0.2, -0.15) is 13.2 Å². The number of aromatic nitrogens is 3. The summed E-state index contributed by atoms with van der Waals surface area (Å²) >= 11 is 6.32. The predicted octanol–water partition coefficient (Wildman–Crippen LogP) is 4.55. The van der Waals surface area contributed by atoms with Gasteiger partial charge in [-0.05, 0) is 25.1 Å². The van der Waals surface area contributed by atoms with E-state index >= 15 is 0 Å². The van der Waals surface area contributed by atoms with Crippen LogP contribution in [0, 0.1) is 0 Å². The zero-order chi connectivity index (χ0) is 30.1. The average Bonchev–Trinajstić information content (AvgIpc) is 3.54. The van der Waals surface area contributed by atoms with E-state index in [1.165, 1.54) is 11.1 Å². The summed E-state index contributed by atoms with van der Waals surface area (Å²) < 4.78 is 65.4. The van der Waals surface area contributed by atoms with Gasteiger partial charge in [0, 0.05) is 24.5 Å². The molecule has 3 fully saturated rings. The summed E-state index contributed by atoms with van der Waals surface area (Å²) in [5.41, 5.74) is 0.328. The number of benzene rings is 1. The lowest BCUT2D eigenvalue weighted by Gasteiger charge is -2.53. The van der Waals surface area contributed by atoms with E-state index in [4.69, 9.17) is 30.2 Å². The Morgan fingerprint density at radius 3 is 2.72 bits per heavy atom. The molecular formula is C28H25ClF3N5O6. The van der Waals surface area contributed by atoms with Crippen LogP contribution in [0.4, 0.5) is 24.7 Å². The van der Waals surface area contributed by atoms with Crippen LogP contribution in [0.15, 0.2) is 40.9 Å². The molecule has 0 bridgehead atoms. The third kappa shape index (κ3) is 4.68. The van der Waals surface area contributed by atoms with Crippen LogP contribution in [0.1, 0.15) is 19.2 Å². The lowest BCUT2D eigenvalue weighted by atomic mass is 9.90. The maximum Gasteiger partial charge on any atom is 0.451 e. The van der Waals surface area contributed by atoms with Crippen molar-refractivity contribution in [3.05, 3.63) is 47.4 Å². The van der Waals surface area contributed by atoms with E-state index in [1.54, 1.807) is 30.3 Å². The Bertz CT molecular complexity index is 1730. The largest absolute Gasteiger partial charge is 0.480 e. The van der Waals surface area contributed by atoms with Crippen molar-refractivity contribution in [2.75, 3.05) is 42.7 Å². The first-order valence-electron chi connectivity index (χ1n) is 13.6. The molecular weight excluding hydrogens is 595 g/mol. The molecule has 3 saturated heterocycles. The Morgan fingerprint density at radius 1 is 1.21 bits per heavy atom. The molecule has 11 nitrogen and oxygen atoms in total. The number of alkyl halides is 3. The van der Waals surface area contributed by atoms with Crippen molar-refractivity contribution in [1.29, 1.82) is 0 Å². The summed E-state index contributed by atoms with van der Waals surface area (Å²) in [4.78, 5) is 27.7. The van der Waals surface area contributed by atoms with Crippen molar-refractivity contribution in [3.63, 3.8) is 0 Å². The third-order valence-electron chi connectivity index (χ3n) is 8.31. The molecule has 226 valence electrons. The molecule has 6 heterocycles. The molecule has 1 spiro atoms. The van der Waals surface area contributed by atoms with E-state index in [0.717, 1.165) is 0 Å². The number of carbonyl (C=O) groups is 1. The number of carboxylic acids is 1. The highest BCUT2D eigenvalue weighted by Gasteiger charge is 2.50. The Hall–Kier alpha value is -3.88. The van der Waals surface area contributed by atoms with Crippen molar-refractivity contribution in [3.8, 4) is 5.88 Å². The van der Waals surface area contributed by atoms with E-state index in [9.17, 15) is 23.1 Å². The van der Waals surface area contributed by atoms with Crippen molar-refractivity contribution in [2.45, 2.75) is 43.3 Å². The van der Waals surface area contributed by atoms with Gasteiger partial charge in [0.1, 0.15) is 34.5 Å². The minimum atomic E-state index is -4.88. The Labute approximate surface area is 247 Å². The van der Waals surface area contributed by atoms with Crippen LogP contribution in [0.2, 0.25) is 5.02 Å². The molecule has 15 heteroatoms. The summed E-state index contributed by atoms with van der Waals surface area (Å²) in [7, 11) is 0. The number of halogens is 4. The fraction of sp³-hybridized carbons (Fsp3) is 0.429. The number of nitrogens with zero attached hydrogens (tertiary/aromatic N) is 5. The van der Waals surface area contributed by atoms with Gasteiger partial charge in [-0.25, -0.2) is 19.7 Å². The SMILES string of the molecule is C[C@@H]1N(c2cc(Cl)cnc2OC2C[C@@H](C(=O)O)N(c3nc(C(F)(F)F)nc4c3oc3ccccc34)C2)CCOC12COC2. The number of rotatable bonds is 5.